The van der Waals surface area contributed by atoms with E-state index < -0.39 is 6.23 Å². The standard InChI is InChI=1S/C20H25N5O2/c1-3-18(26)25-10-9-15(12-25)22-17-8-7-16(19(21)27)20(24-17)23-14-6-4-5-13(2)11-14/h3-8,11,15,19,27H,1,9-10,12,21H2,2H3,(H2,22,23,24). The van der Waals surface area contributed by atoms with E-state index in [1.807, 2.05) is 31.2 Å². The zero-order valence-electron chi connectivity index (χ0n) is 15.4. The Morgan fingerprint density at radius 2 is 2.26 bits per heavy atom. The molecule has 2 atom stereocenters. The number of hydrogen-bond acceptors (Lipinski definition) is 6. The summed E-state index contributed by atoms with van der Waals surface area (Å²) >= 11 is 0. The minimum atomic E-state index is -1.13. The summed E-state index contributed by atoms with van der Waals surface area (Å²) in [6.45, 7) is 6.83. The Morgan fingerprint density at radius 1 is 1.44 bits per heavy atom. The van der Waals surface area contributed by atoms with Gasteiger partial charge in [0.25, 0.3) is 0 Å². The molecule has 1 aliphatic heterocycles. The maximum atomic E-state index is 11.7. The van der Waals surface area contributed by atoms with E-state index in [4.69, 9.17) is 5.73 Å². The molecule has 2 unspecified atom stereocenters. The van der Waals surface area contributed by atoms with Gasteiger partial charge in [-0.15, -0.1) is 0 Å². The van der Waals surface area contributed by atoms with Crippen molar-refractivity contribution in [1.29, 1.82) is 0 Å². The number of rotatable bonds is 6. The van der Waals surface area contributed by atoms with Crippen molar-refractivity contribution in [1.82, 2.24) is 9.88 Å². The van der Waals surface area contributed by atoms with Gasteiger partial charge < -0.3 is 26.4 Å². The normalized spacial score (nSPS) is 17.4. The maximum absolute atomic E-state index is 11.7. The summed E-state index contributed by atoms with van der Waals surface area (Å²) in [5, 5.41) is 16.4. The quantitative estimate of drug-likeness (QED) is 0.461. The van der Waals surface area contributed by atoms with Crippen molar-refractivity contribution in [2.75, 3.05) is 23.7 Å². The molecule has 1 aliphatic rings. The lowest BCUT2D eigenvalue weighted by atomic mass is 10.2. The Morgan fingerprint density at radius 3 is 2.96 bits per heavy atom. The van der Waals surface area contributed by atoms with Gasteiger partial charge in [0.15, 0.2) is 0 Å². The molecule has 142 valence electrons. The fourth-order valence-electron chi connectivity index (χ4n) is 3.17. The zero-order valence-corrected chi connectivity index (χ0v) is 15.4. The first-order valence-corrected chi connectivity index (χ1v) is 8.92. The zero-order chi connectivity index (χ0) is 19.4. The minimum Gasteiger partial charge on any atom is -0.374 e. The number of carbonyl (C=O) groups is 1. The Kier molecular flexibility index (Phi) is 5.73. The van der Waals surface area contributed by atoms with Crippen LogP contribution in [0.4, 0.5) is 17.3 Å². The molecule has 7 nitrogen and oxygen atoms in total. The molecule has 27 heavy (non-hydrogen) atoms. The summed E-state index contributed by atoms with van der Waals surface area (Å²) in [5.74, 6) is 1.10. The van der Waals surface area contributed by atoms with Crippen LogP contribution in [0.3, 0.4) is 0 Å². The number of aryl methyl sites for hydroxylation is 1. The molecule has 2 aromatic rings. The van der Waals surface area contributed by atoms with Crippen molar-refractivity contribution < 1.29 is 9.90 Å². The van der Waals surface area contributed by atoms with Gasteiger partial charge in [0.1, 0.15) is 17.9 Å². The van der Waals surface area contributed by atoms with Gasteiger partial charge in [-0.2, -0.15) is 0 Å². The first-order chi connectivity index (χ1) is 13.0. The van der Waals surface area contributed by atoms with E-state index in [1.54, 1.807) is 17.0 Å². The molecular weight excluding hydrogens is 342 g/mol. The van der Waals surface area contributed by atoms with Crippen LogP contribution in [-0.4, -0.2) is 40.0 Å². The van der Waals surface area contributed by atoms with E-state index >= 15 is 0 Å². The average Bonchev–Trinajstić information content (AvgIpc) is 3.09. The fourth-order valence-corrected chi connectivity index (χ4v) is 3.17. The van der Waals surface area contributed by atoms with Crippen molar-refractivity contribution >= 4 is 23.2 Å². The second-order valence-corrected chi connectivity index (χ2v) is 6.69. The predicted molar refractivity (Wildman–Crippen MR) is 107 cm³/mol. The van der Waals surface area contributed by atoms with Gasteiger partial charge in [-0.05, 0) is 49.2 Å². The van der Waals surface area contributed by atoms with Crippen LogP contribution in [0.25, 0.3) is 0 Å². The highest BCUT2D eigenvalue weighted by Gasteiger charge is 2.25. The first kappa shape index (κ1) is 18.9. The number of pyridine rings is 1. The number of nitrogens with one attached hydrogen (secondary N) is 2. The van der Waals surface area contributed by atoms with Gasteiger partial charge in [0, 0.05) is 30.4 Å². The van der Waals surface area contributed by atoms with Crippen LogP contribution in [0.1, 0.15) is 23.8 Å². The summed E-state index contributed by atoms with van der Waals surface area (Å²) in [6, 6.07) is 11.5. The first-order valence-electron chi connectivity index (χ1n) is 8.92. The van der Waals surface area contributed by atoms with E-state index in [0.29, 0.717) is 30.3 Å². The molecule has 0 spiro atoms. The van der Waals surface area contributed by atoms with Crippen molar-refractivity contribution in [3.05, 3.63) is 60.2 Å². The van der Waals surface area contributed by atoms with Crippen LogP contribution < -0.4 is 16.4 Å². The molecule has 0 aliphatic carbocycles. The van der Waals surface area contributed by atoms with Crippen molar-refractivity contribution in [3.63, 3.8) is 0 Å². The number of nitrogens with zero attached hydrogens (tertiary/aromatic N) is 2. The Labute approximate surface area is 158 Å². The summed E-state index contributed by atoms with van der Waals surface area (Å²) in [5.41, 5.74) is 8.17. The monoisotopic (exact) mass is 367 g/mol. The predicted octanol–water partition coefficient (Wildman–Crippen LogP) is 2.28. The van der Waals surface area contributed by atoms with Gasteiger partial charge in [-0.1, -0.05) is 18.7 Å². The molecule has 3 rings (SSSR count). The van der Waals surface area contributed by atoms with Crippen LogP contribution in [0.5, 0.6) is 0 Å². The van der Waals surface area contributed by atoms with Gasteiger partial charge in [-0.3, -0.25) is 4.79 Å². The number of aliphatic hydroxyl groups is 1. The average molecular weight is 367 g/mol. The van der Waals surface area contributed by atoms with E-state index in [9.17, 15) is 9.90 Å². The van der Waals surface area contributed by atoms with Crippen LogP contribution in [0.2, 0.25) is 0 Å². The molecule has 1 fully saturated rings. The molecule has 1 aromatic carbocycles. The van der Waals surface area contributed by atoms with Crippen LogP contribution in [0.15, 0.2) is 49.1 Å². The minimum absolute atomic E-state index is 0.0596. The highest BCUT2D eigenvalue weighted by Crippen LogP contribution is 2.25. The summed E-state index contributed by atoms with van der Waals surface area (Å²) in [6.07, 6.45) is 1.04. The number of aromatic nitrogens is 1. The third kappa shape index (κ3) is 4.64. The molecule has 0 bridgehead atoms. The number of nitrogens with two attached hydrogens (primary N) is 1. The second kappa shape index (κ2) is 8.20. The molecule has 2 heterocycles. The van der Waals surface area contributed by atoms with E-state index in [-0.39, 0.29) is 11.9 Å². The molecule has 1 aromatic heterocycles. The Balaban J connectivity index is 1.77. The van der Waals surface area contributed by atoms with Crippen LogP contribution >= 0.6 is 0 Å². The fraction of sp³-hybridized carbons (Fsp3) is 0.300. The molecule has 1 saturated heterocycles. The summed E-state index contributed by atoms with van der Waals surface area (Å²) in [7, 11) is 0. The lowest BCUT2D eigenvalue weighted by molar-refractivity contribution is -0.125. The number of anilines is 3. The molecular formula is C20H25N5O2. The van der Waals surface area contributed by atoms with Crippen molar-refractivity contribution in [3.8, 4) is 0 Å². The van der Waals surface area contributed by atoms with Crippen molar-refractivity contribution in [2.45, 2.75) is 25.6 Å². The smallest absolute Gasteiger partial charge is 0.246 e. The van der Waals surface area contributed by atoms with Gasteiger partial charge in [0.2, 0.25) is 5.91 Å². The van der Waals surface area contributed by atoms with Crippen LogP contribution in [0, 0.1) is 6.92 Å². The molecule has 1 amide bonds. The number of likely N-dealkylation sites (tertiary alicyclic amines) is 1. The number of aliphatic hydroxyl groups excluding tert-OH is 1. The largest absolute Gasteiger partial charge is 0.374 e. The Hall–Kier alpha value is -2.90. The SMILES string of the molecule is C=CC(=O)N1CCC(Nc2ccc(C(N)O)c(Nc3cccc(C)c3)n2)C1. The van der Waals surface area contributed by atoms with E-state index in [0.717, 1.165) is 17.7 Å². The van der Waals surface area contributed by atoms with Crippen LogP contribution in [-0.2, 0) is 4.79 Å². The Bertz CT molecular complexity index is 837. The second-order valence-electron chi connectivity index (χ2n) is 6.69. The van der Waals surface area contributed by atoms with Gasteiger partial charge in [-0.25, -0.2) is 4.98 Å². The number of carbonyl (C=O) groups excluding carboxylic acids is 1. The lowest BCUT2D eigenvalue weighted by Crippen LogP contribution is -2.30. The highest BCUT2D eigenvalue weighted by atomic mass is 16.3. The maximum Gasteiger partial charge on any atom is 0.246 e. The number of hydrogen-bond donors (Lipinski definition) is 4. The number of benzene rings is 1. The lowest BCUT2D eigenvalue weighted by Gasteiger charge is -2.18. The third-order valence-corrected chi connectivity index (χ3v) is 4.55. The number of amides is 1. The van der Waals surface area contributed by atoms with Crippen molar-refractivity contribution in [2.24, 2.45) is 5.73 Å². The molecule has 7 heteroatoms. The summed E-state index contributed by atoms with van der Waals surface area (Å²) < 4.78 is 0. The topological polar surface area (TPSA) is 104 Å². The van der Waals surface area contributed by atoms with Gasteiger partial charge >= 0.3 is 0 Å². The highest BCUT2D eigenvalue weighted by molar-refractivity contribution is 5.87. The third-order valence-electron chi connectivity index (χ3n) is 4.55. The molecule has 0 radical (unpaired) electrons. The van der Waals surface area contributed by atoms with E-state index in [1.165, 1.54) is 6.08 Å². The van der Waals surface area contributed by atoms with E-state index in [2.05, 4.69) is 22.2 Å². The summed E-state index contributed by atoms with van der Waals surface area (Å²) in [4.78, 5) is 18.1. The molecule has 5 N–H and O–H groups in total. The molecule has 0 saturated carbocycles. The van der Waals surface area contributed by atoms with Gasteiger partial charge in [0.05, 0.1) is 0 Å².